The van der Waals surface area contributed by atoms with Crippen molar-refractivity contribution in [3.63, 3.8) is 0 Å². The van der Waals surface area contributed by atoms with Gasteiger partial charge in [0.2, 0.25) is 0 Å². The molecule has 1 spiro atoms. The van der Waals surface area contributed by atoms with E-state index in [1.54, 1.807) is 0 Å². The van der Waals surface area contributed by atoms with Crippen molar-refractivity contribution in [1.29, 1.82) is 0 Å². The van der Waals surface area contributed by atoms with Crippen LogP contribution in [0.25, 0.3) is 0 Å². The van der Waals surface area contributed by atoms with E-state index >= 15 is 0 Å². The lowest BCUT2D eigenvalue weighted by molar-refractivity contribution is 0.0111. The number of piperidine rings is 2. The van der Waals surface area contributed by atoms with E-state index in [1.165, 1.54) is 31.0 Å². The normalized spacial score (nSPS) is 24.1. The number of likely N-dealkylation sites (tertiary alicyclic amines) is 2. The van der Waals surface area contributed by atoms with E-state index < -0.39 is 0 Å². The van der Waals surface area contributed by atoms with E-state index in [9.17, 15) is 4.79 Å². The topological polar surface area (TPSA) is 52.2 Å². The maximum absolute atomic E-state index is 12.8. The number of halogens is 1. The summed E-state index contributed by atoms with van der Waals surface area (Å²) in [6, 6.07) is 10.7. The second kappa shape index (κ2) is 7.41. The monoisotopic (exact) mass is 372 g/mol. The Labute approximate surface area is 159 Å². The van der Waals surface area contributed by atoms with Gasteiger partial charge in [-0.05, 0) is 37.8 Å². The molecule has 0 bridgehead atoms. The van der Waals surface area contributed by atoms with Gasteiger partial charge in [-0.15, -0.1) is 0 Å². The van der Waals surface area contributed by atoms with Gasteiger partial charge >= 0.3 is 0 Å². The van der Waals surface area contributed by atoms with Crippen LogP contribution in [0.1, 0.15) is 41.7 Å². The summed E-state index contributed by atoms with van der Waals surface area (Å²) in [6.07, 6.45) is 6.13. The van der Waals surface area contributed by atoms with Crippen LogP contribution in [0.3, 0.4) is 0 Å². The van der Waals surface area contributed by atoms with Crippen LogP contribution in [0, 0.1) is 5.41 Å². The van der Waals surface area contributed by atoms with Crippen LogP contribution in [-0.4, -0.2) is 52.1 Å². The molecule has 5 nitrogen and oxygen atoms in total. The summed E-state index contributed by atoms with van der Waals surface area (Å²) >= 11 is 6.10. The first-order chi connectivity index (χ1) is 12.7. The molecule has 0 saturated carbocycles. The van der Waals surface area contributed by atoms with Gasteiger partial charge in [0, 0.05) is 31.6 Å². The summed E-state index contributed by atoms with van der Waals surface area (Å²) in [5.74, 6) is -0.0215. The zero-order chi connectivity index (χ0) is 18.0. The van der Waals surface area contributed by atoms with E-state index in [2.05, 4.69) is 45.4 Å². The summed E-state index contributed by atoms with van der Waals surface area (Å²) in [4.78, 5) is 17.4. The van der Waals surface area contributed by atoms with Crippen LogP contribution in [0.5, 0.6) is 0 Å². The molecule has 0 radical (unpaired) electrons. The zero-order valence-corrected chi connectivity index (χ0v) is 15.7. The molecule has 1 N–H and O–H groups in total. The quantitative estimate of drug-likeness (QED) is 0.895. The molecule has 2 aliphatic heterocycles. The molecule has 2 aromatic rings. The Morgan fingerprint density at radius 1 is 1.15 bits per heavy atom. The third kappa shape index (κ3) is 3.64. The number of carbonyl (C=O) groups is 1. The number of aromatic amines is 1. The second-order valence-electron chi connectivity index (χ2n) is 7.72. The summed E-state index contributed by atoms with van der Waals surface area (Å²) in [5.41, 5.74) is 1.98. The number of hydrogen-bond donors (Lipinski definition) is 1. The molecule has 2 saturated heterocycles. The highest BCUT2D eigenvalue weighted by molar-refractivity contribution is 6.33. The molecule has 1 aromatic carbocycles. The highest BCUT2D eigenvalue weighted by Crippen LogP contribution is 2.39. The number of hydrogen-bond acceptors (Lipinski definition) is 3. The lowest BCUT2D eigenvalue weighted by Crippen LogP contribution is -2.53. The molecule has 138 valence electrons. The number of carbonyl (C=O) groups excluding carboxylic acids is 1. The minimum absolute atomic E-state index is 0.0215. The third-order valence-electron chi connectivity index (χ3n) is 5.75. The lowest BCUT2D eigenvalue weighted by atomic mass is 9.73. The molecule has 2 fully saturated rings. The van der Waals surface area contributed by atoms with Crippen molar-refractivity contribution in [2.24, 2.45) is 5.41 Å². The lowest BCUT2D eigenvalue weighted by Gasteiger charge is -2.48. The van der Waals surface area contributed by atoms with Crippen LogP contribution in [0.4, 0.5) is 0 Å². The smallest absolute Gasteiger partial charge is 0.273 e. The molecule has 0 aliphatic carbocycles. The van der Waals surface area contributed by atoms with Crippen molar-refractivity contribution in [2.75, 3.05) is 26.2 Å². The molecular weight excluding hydrogens is 348 g/mol. The van der Waals surface area contributed by atoms with E-state index in [4.69, 9.17) is 11.6 Å². The van der Waals surface area contributed by atoms with E-state index in [0.717, 1.165) is 39.1 Å². The molecule has 3 heterocycles. The van der Waals surface area contributed by atoms with Gasteiger partial charge in [0.25, 0.3) is 5.91 Å². The minimum atomic E-state index is -0.0215. The Morgan fingerprint density at radius 3 is 2.65 bits per heavy atom. The number of amides is 1. The number of H-pyrrole nitrogens is 1. The van der Waals surface area contributed by atoms with Crippen LogP contribution < -0.4 is 0 Å². The predicted octanol–water partition coefficient (Wildman–Crippen LogP) is 3.58. The van der Waals surface area contributed by atoms with Crippen LogP contribution in [0.2, 0.25) is 5.02 Å². The number of benzene rings is 1. The van der Waals surface area contributed by atoms with Gasteiger partial charge in [-0.2, -0.15) is 5.10 Å². The summed E-state index contributed by atoms with van der Waals surface area (Å²) in [7, 11) is 0. The van der Waals surface area contributed by atoms with Gasteiger partial charge in [-0.25, -0.2) is 0 Å². The highest BCUT2D eigenvalue weighted by Gasteiger charge is 2.40. The SMILES string of the molecule is O=C(c1[nH]ncc1Cl)N1CCC[C@]2(CCCN(Cc3ccccc3)C2)C1. The van der Waals surface area contributed by atoms with E-state index in [1.807, 2.05) is 4.90 Å². The fraction of sp³-hybridized carbons (Fsp3) is 0.500. The first-order valence-corrected chi connectivity index (χ1v) is 9.77. The fourth-order valence-corrected chi connectivity index (χ4v) is 4.75. The molecule has 1 atom stereocenters. The fourth-order valence-electron chi connectivity index (χ4n) is 4.58. The van der Waals surface area contributed by atoms with E-state index in [0.29, 0.717) is 10.7 Å². The van der Waals surface area contributed by atoms with Crippen molar-refractivity contribution in [1.82, 2.24) is 20.0 Å². The summed E-state index contributed by atoms with van der Waals surface area (Å²) in [6.45, 7) is 4.79. The van der Waals surface area contributed by atoms with E-state index in [-0.39, 0.29) is 11.3 Å². The molecule has 2 aliphatic rings. The zero-order valence-electron chi connectivity index (χ0n) is 15.0. The predicted molar refractivity (Wildman–Crippen MR) is 102 cm³/mol. The molecule has 6 heteroatoms. The van der Waals surface area contributed by atoms with Gasteiger partial charge in [0.05, 0.1) is 11.2 Å². The number of rotatable bonds is 3. The number of aromatic nitrogens is 2. The molecule has 4 rings (SSSR count). The minimum Gasteiger partial charge on any atom is -0.337 e. The Kier molecular flexibility index (Phi) is 5.00. The Hall–Kier alpha value is -1.85. The molecule has 1 aromatic heterocycles. The maximum atomic E-state index is 12.8. The second-order valence-corrected chi connectivity index (χ2v) is 8.13. The Morgan fingerprint density at radius 2 is 1.92 bits per heavy atom. The Balaban J connectivity index is 1.45. The maximum Gasteiger partial charge on any atom is 0.273 e. The number of nitrogens with zero attached hydrogens (tertiary/aromatic N) is 3. The molecule has 1 amide bonds. The third-order valence-corrected chi connectivity index (χ3v) is 6.03. The molecule has 26 heavy (non-hydrogen) atoms. The highest BCUT2D eigenvalue weighted by atomic mass is 35.5. The van der Waals surface area contributed by atoms with Gasteiger partial charge in [0.15, 0.2) is 0 Å². The summed E-state index contributed by atoms with van der Waals surface area (Å²) in [5, 5.41) is 7.05. The average molecular weight is 373 g/mol. The van der Waals surface area contributed by atoms with Gasteiger partial charge in [-0.3, -0.25) is 14.8 Å². The van der Waals surface area contributed by atoms with Crippen LogP contribution in [0.15, 0.2) is 36.5 Å². The summed E-state index contributed by atoms with van der Waals surface area (Å²) < 4.78 is 0. The van der Waals surface area contributed by atoms with Crippen molar-refractivity contribution in [3.8, 4) is 0 Å². The average Bonchev–Trinajstić information content (AvgIpc) is 3.08. The van der Waals surface area contributed by atoms with Gasteiger partial charge in [0.1, 0.15) is 5.69 Å². The first-order valence-electron chi connectivity index (χ1n) is 9.40. The van der Waals surface area contributed by atoms with Crippen LogP contribution >= 0.6 is 11.6 Å². The van der Waals surface area contributed by atoms with Crippen molar-refractivity contribution >= 4 is 17.5 Å². The van der Waals surface area contributed by atoms with Crippen LogP contribution in [-0.2, 0) is 6.54 Å². The molecule has 0 unspecified atom stereocenters. The molecular formula is C20H25ClN4O. The largest absolute Gasteiger partial charge is 0.337 e. The van der Waals surface area contributed by atoms with Crippen molar-refractivity contribution < 1.29 is 4.79 Å². The van der Waals surface area contributed by atoms with Gasteiger partial charge in [-0.1, -0.05) is 41.9 Å². The van der Waals surface area contributed by atoms with Crippen molar-refractivity contribution in [3.05, 3.63) is 52.8 Å². The van der Waals surface area contributed by atoms with Gasteiger partial charge < -0.3 is 4.90 Å². The Bertz CT molecular complexity index is 758. The first kappa shape index (κ1) is 17.6. The van der Waals surface area contributed by atoms with Crippen molar-refractivity contribution in [2.45, 2.75) is 32.2 Å². The standard InChI is InChI=1S/C20H25ClN4O/c21-17-12-22-23-18(17)19(26)25-11-5-9-20(15-25)8-4-10-24(14-20)13-16-6-2-1-3-7-16/h1-3,6-7,12H,4-5,8-11,13-15H2,(H,22,23)/t20-/m0/s1. The number of nitrogens with one attached hydrogen (secondary N) is 1.